The lowest BCUT2D eigenvalue weighted by atomic mass is 10.0. The molecule has 3 atom stereocenters. The second-order valence-corrected chi connectivity index (χ2v) is 13.5. The predicted octanol–water partition coefficient (Wildman–Crippen LogP) is 2.81. The summed E-state index contributed by atoms with van der Waals surface area (Å²) in [5, 5.41) is 23.9. The molecule has 0 bridgehead atoms. The lowest BCUT2D eigenvalue weighted by Crippen LogP contribution is -2.35. The molecule has 0 spiro atoms. The maximum Gasteiger partial charge on any atom is 0.256 e. The van der Waals surface area contributed by atoms with E-state index >= 15 is 0 Å². The number of aryl methyl sites for hydroxylation is 1. The third-order valence-corrected chi connectivity index (χ3v) is 10.5. The Bertz CT molecular complexity index is 1590. The van der Waals surface area contributed by atoms with Gasteiger partial charge in [-0.3, -0.25) is 4.79 Å². The fraction of sp³-hybridized carbons (Fsp3) is 0.444. The Labute approximate surface area is 236 Å². The van der Waals surface area contributed by atoms with E-state index in [2.05, 4.69) is 20.0 Å². The van der Waals surface area contributed by atoms with Crippen LogP contribution in [-0.4, -0.2) is 71.4 Å². The number of sulfonamides is 1. The Hall–Kier alpha value is -3.10. The summed E-state index contributed by atoms with van der Waals surface area (Å²) < 4.78 is 28.5. The van der Waals surface area contributed by atoms with Gasteiger partial charge in [0.1, 0.15) is 17.9 Å². The van der Waals surface area contributed by atoms with Crippen LogP contribution < -0.4 is 14.9 Å². The molecule has 1 saturated carbocycles. The molecule has 3 aliphatic rings. The molecule has 11 nitrogen and oxygen atoms in total. The van der Waals surface area contributed by atoms with Gasteiger partial charge in [0.25, 0.3) is 5.91 Å². The predicted molar refractivity (Wildman–Crippen MR) is 152 cm³/mol. The van der Waals surface area contributed by atoms with E-state index in [1.54, 1.807) is 28.0 Å². The summed E-state index contributed by atoms with van der Waals surface area (Å²) in [4.78, 5) is 26.9. The lowest BCUT2D eigenvalue weighted by Gasteiger charge is -2.24. The summed E-state index contributed by atoms with van der Waals surface area (Å²) in [6.07, 6.45) is 1.03. The van der Waals surface area contributed by atoms with Gasteiger partial charge in [-0.15, -0.1) is 0 Å². The minimum absolute atomic E-state index is 0.0129. The molecular weight excluding hydrogens is 552 g/mol. The lowest BCUT2D eigenvalue weighted by molar-refractivity contribution is 0.0694. The van der Waals surface area contributed by atoms with Crippen molar-refractivity contribution in [2.45, 2.75) is 62.9 Å². The Balaban J connectivity index is 1.32. The van der Waals surface area contributed by atoms with E-state index in [9.17, 15) is 23.4 Å². The van der Waals surface area contributed by atoms with Gasteiger partial charge in [0.15, 0.2) is 5.13 Å². The van der Waals surface area contributed by atoms with Gasteiger partial charge in [-0.25, -0.2) is 23.1 Å². The average Bonchev–Trinajstić information content (AvgIpc) is 3.53. The standard InChI is InChI=1S/C27H32N6O5S2/c1-14-25(39-27(29-14)31-21-5-4-6-22(30-21)33-13-19(34)11-23(33)35)17-9-18-12-32(15(2)16-7-8-16)26(36)24(18)20(10-17)40(37,38)28-3/h4-6,9-10,15-16,19,23,28,34-35H,7-8,11-13H2,1-3H3,(H,29,30,31)/t15-,19+,23?/m0/s1. The number of anilines is 3. The minimum Gasteiger partial charge on any atom is -0.391 e. The van der Waals surface area contributed by atoms with E-state index in [0.717, 1.165) is 17.7 Å². The molecule has 6 rings (SSSR count). The Morgan fingerprint density at radius 2 is 1.95 bits per heavy atom. The zero-order valence-corrected chi connectivity index (χ0v) is 24.1. The van der Waals surface area contributed by atoms with Crippen molar-refractivity contribution in [1.82, 2.24) is 19.6 Å². The van der Waals surface area contributed by atoms with Crippen molar-refractivity contribution in [3.8, 4) is 10.4 Å². The monoisotopic (exact) mass is 584 g/mol. The molecule has 1 saturated heterocycles. The van der Waals surface area contributed by atoms with Crippen LogP contribution in [0, 0.1) is 12.8 Å². The quantitative estimate of drug-likeness (QED) is 0.314. The van der Waals surface area contributed by atoms with Crippen LogP contribution in [0.25, 0.3) is 10.4 Å². The van der Waals surface area contributed by atoms with Crippen molar-refractivity contribution in [2.75, 3.05) is 23.8 Å². The molecule has 1 unspecified atom stereocenters. The number of nitrogens with one attached hydrogen (secondary N) is 2. The average molecular weight is 585 g/mol. The molecule has 1 aromatic carbocycles. The normalized spacial score (nSPS) is 21.7. The molecular formula is C27H32N6O5S2. The number of thiazole rings is 1. The summed E-state index contributed by atoms with van der Waals surface area (Å²) in [7, 11) is -2.55. The second kappa shape index (κ2) is 10.1. The number of aliphatic hydroxyl groups excluding tert-OH is 2. The van der Waals surface area contributed by atoms with Gasteiger partial charge in [-0.2, -0.15) is 0 Å². The van der Waals surface area contributed by atoms with Gasteiger partial charge in [0, 0.05) is 25.6 Å². The number of fused-ring (bicyclic) bond motifs is 1. The number of β-amino-alcohol motifs (C(OH)–C–C–N with tert-alkyl or cyclic N) is 1. The molecule has 4 N–H and O–H groups in total. The number of aliphatic hydroxyl groups is 2. The number of benzene rings is 1. The van der Waals surface area contributed by atoms with E-state index in [0.29, 0.717) is 52.6 Å². The molecule has 2 aliphatic heterocycles. The van der Waals surface area contributed by atoms with Crippen LogP contribution in [0.5, 0.6) is 0 Å². The number of hydrogen-bond acceptors (Lipinski definition) is 10. The van der Waals surface area contributed by atoms with Crippen LogP contribution in [-0.2, 0) is 16.6 Å². The zero-order valence-electron chi connectivity index (χ0n) is 22.5. The molecule has 3 aromatic rings. The molecule has 1 aliphatic carbocycles. The van der Waals surface area contributed by atoms with Crippen LogP contribution in [0.1, 0.15) is 47.8 Å². The maximum atomic E-state index is 13.4. The zero-order chi connectivity index (χ0) is 28.3. The summed E-state index contributed by atoms with van der Waals surface area (Å²) in [5.74, 6) is 1.29. The van der Waals surface area contributed by atoms with Gasteiger partial charge in [-0.05, 0) is 75.0 Å². The number of rotatable bonds is 8. The number of carbonyl (C=O) groups is 1. The van der Waals surface area contributed by atoms with Crippen molar-refractivity contribution in [3.05, 3.63) is 47.2 Å². The molecule has 0 radical (unpaired) electrons. The van der Waals surface area contributed by atoms with Gasteiger partial charge >= 0.3 is 0 Å². The second-order valence-electron chi connectivity index (χ2n) is 10.7. The van der Waals surface area contributed by atoms with Crippen molar-refractivity contribution < 1.29 is 23.4 Å². The highest BCUT2D eigenvalue weighted by Crippen LogP contribution is 2.42. The Morgan fingerprint density at radius 3 is 2.62 bits per heavy atom. The first-order chi connectivity index (χ1) is 19.1. The molecule has 40 heavy (non-hydrogen) atoms. The molecule has 2 aromatic heterocycles. The first-order valence-corrected chi connectivity index (χ1v) is 15.6. The summed E-state index contributed by atoms with van der Waals surface area (Å²) in [5.41, 5.74) is 2.34. The first kappa shape index (κ1) is 27.1. The van der Waals surface area contributed by atoms with E-state index in [-0.39, 0.29) is 28.8 Å². The SMILES string of the molecule is CNS(=O)(=O)c1cc(-c2sc(Nc3cccc(N4C[C@H](O)CC4O)n3)nc2C)cc2c1C(=O)N([C@@H](C)C1CC1)C2. The number of pyridine rings is 1. The minimum atomic E-state index is -3.90. The van der Waals surface area contributed by atoms with E-state index in [1.807, 2.05) is 26.0 Å². The van der Waals surface area contributed by atoms with E-state index < -0.39 is 22.4 Å². The highest BCUT2D eigenvalue weighted by Gasteiger charge is 2.41. The molecule has 1 amide bonds. The number of hydrogen-bond donors (Lipinski definition) is 4. The number of nitrogens with zero attached hydrogens (tertiary/aromatic N) is 4. The van der Waals surface area contributed by atoms with Crippen molar-refractivity contribution in [1.29, 1.82) is 0 Å². The smallest absolute Gasteiger partial charge is 0.256 e. The third kappa shape index (κ3) is 4.85. The summed E-state index contributed by atoms with van der Waals surface area (Å²) in [6.45, 7) is 4.57. The van der Waals surface area contributed by atoms with Gasteiger partial charge in [-0.1, -0.05) is 17.4 Å². The number of carbonyl (C=O) groups excluding carboxylic acids is 1. The van der Waals surface area contributed by atoms with Crippen LogP contribution in [0.3, 0.4) is 0 Å². The van der Waals surface area contributed by atoms with Crippen LogP contribution in [0.4, 0.5) is 16.8 Å². The highest BCUT2D eigenvalue weighted by molar-refractivity contribution is 7.89. The fourth-order valence-corrected chi connectivity index (χ4v) is 7.52. The number of aromatic nitrogens is 2. The van der Waals surface area contributed by atoms with Gasteiger partial charge in [0.2, 0.25) is 10.0 Å². The Kier molecular flexibility index (Phi) is 6.82. The molecule has 4 heterocycles. The summed E-state index contributed by atoms with van der Waals surface area (Å²) in [6, 6.07) is 8.90. The van der Waals surface area contributed by atoms with Crippen LogP contribution >= 0.6 is 11.3 Å². The number of amides is 1. The van der Waals surface area contributed by atoms with Crippen molar-refractivity contribution in [3.63, 3.8) is 0 Å². The topological polar surface area (TPSA) is 148 Å². The largest absolute Gasteiger partial charge is 0.391 e. The van der Waals surface area contributed by atoms with Gasteiger partial charge < -0.3 is 25.3 Å². The molecule has 212 valence electrons. The third-order valence-electron chi connectivity index (χ3n) is 7.93. The van der Waals surface area contributed by atoms with Crippen LogP contribution in [0.2, 0.25) is 0 Å². The van der Waals surface area contributed by atoms with Gasteiger partial charge in [0.05, 0.1) is 27.1 Å². The first-order valence-electron chi connectivity index (χ1n) is 13.3. The fourth-order valence-electron chi connectivity index (χ4n) is 5.57. The Morgan fingerprint density at radius 1 is 1.18 bits per heavy atom. The summed E-state index contributed by atoms with van der Waals surface area (Å²) >= 11 is 1.36. The van der Waals surface area contributed by atoms with Crippen LogP contribution in [0.15, 0.2) is 35.2 Å². The van der Waals surface area contributed by atoms with Crippen molar-refractivity contribution >= 4 is 44.0 Å². The van der Waals surface area contributed by atoms with E-state index in [1.165, 1.54) is 18.4 Å². The molecule has 13 heteroatoms. The maximum absolute atomic E-state index is 13.4. The van der Waals surface area contributed by atoms with Crippen molar-refractivity contribution in [2.24, 2.45) is 5.92 Å². The highest BCUT2D eigenvalue weighted by atomic mass is 32.2. The van der Waals surface area contributed by atoms with E-state index in [4.69, 9.17) is 0 Å². The molecule has 2 fully saturated rings.